The normalized spacial score (nSPS) is 13.2. The van der Waals surface area contributed by atoms with E-state index in [-0.39, 0.29) is 0 Å². The monoisotopic (exact) mass is 181 g/mol. The maximum absolute atomic E-state index is 4.17. The Morgan fingerprint density at radius 1 is 1.38 bits per heavy atom. The fourth-order valence-electron chi connectivity index (χ4n) is 1.62. The van der Waals surface area contributed by atoms with Crippen molar-refractivity contribution in [1.82, 2.24) is 14.8 Å². The molecule has 3 heteroatoms. The zero-order valence-electron chi connectivity index (χ0n) is 8.82. The van der Waals surface area contributed by atoms with E-state index in [2.05, 4.69) is 35.5 Å². The first-order valence-electron chi connectivity index (χ1n) is 5.17. The SMILES string of the molecule is CCCC(C)c1nncn1CCC. The molecular weight excluding hydrogens is 162 g/mol. The van der Waals surface area contributed by atoms with E-state index in [0.717, 1.165) is 18.8 Å². The Morgan fingerprint density at radius 3 is 2.77 bits per heavy atom. The van der Waals surface area contributed by atoms with Gasteiger partial charge in [0.1, 0.15) is 12.2 Å². The number of aromatic nitrogens is 3. The first-order chi connectivity index (χ1) is 6.29. The van der Waals surface area contributed by atoms with Gasteiger partial charge in [0.2, 0.25) is 0 Å². The molecular formula is C10H19N3. The zero-order chi connectivity index (χ0) is 9.68. The van der Waals surface area contributed by atoms with Gasteiger partial charge in [0.25, 0.3) is 0 Å². The Hall–Kier alpha value is -0.860. The second-order valence-corrected chi connectivity index (χ2v) is 3.57. The maximum atomic E-state index is 4.17. The molecule has 1 unspecified atom stereocenters. The molecule has 0 aliphatic heterocycles. The van der Waals surface area contributed by atoms with E-state index in [9.17, 15) is 0 Å². The van der Waals surface area contributed by atoms with Crippen LogP contribution in [0.2, 0.25) is 0 Å². The number of aryl methyl sites for hydroxylation is 1. The van der Waals surface area contributed by atoms with Gasteiger partial charge in [-0.3, -0.25) is 0 Å². The van der Waals surface area contributed by atoms with Crippen LogP contribution in [0.1, 0.15) is 51.8 Å². The molecule has 0 bridgehead atoms. The van der Waals surface area contributed by atoms with Crippen molar-refractivity contribution in [2.45, 2.75) is 52.5 Å². The number of hydrogen-bond donors (Lipinski definition) is 0. The van der Waals surface area contributed by atoms with Gasteiger partial charge in [-0.2, -0.15) is 0 Å². The predicted octanol–water partition coefficient (Wildman–Crippen LogP) is 2.59. The van der Waals surface area contributed by atoms with Crippen LogP contribution in [0.25, 0.3) is 0 Å². The van der Waals surface area contributed by atoms with Gasteiger partial charge in [0.05, 0.1) is 0 Å². The highest BCUT2D eigenvalue weighted by atomic mass is 15.3. The molecule has 1 aromatic rings. The molecule has 0 saturated heterocycles. The smallest absolute Gasteiger partial charge is 0.135 e. The van der Waals surface area contributed by atoms with Gasteiger partial charge >= 0.3 is 0 Å². The fourth-order valence-corrected chi connectivity index (χ4v) is 1.62. The molecule has 3 nitrogen and oxygen atoms in total. The second kappa shape index (κ2) is 5.00. The van der Waals surface area contributed by atoms with Crippen molar-refractivity contribution in [2.75, 3.05) is 0 Å². The van der Waals surface area contributed by atoms with E-state index in [1.807, 2.05) is 6.33 Å². The molecule has 1 aromatic heterocycles. The third-order valence-electron chi connectivity index (χ3n) is 2.27. The van der Waals surface area contributed by atoms with Crippen molar-refractivity contribution in [3.05, 3.63) is 12.2 Å². The summed E-state index contributed by atoms with van der Waals surface area (Å²) < 4.78 is 2.17. The molecule has 0 aromatic carbocycles. The van der Waals surface area contributed by atoms with Gasteiger partial charge in [-0.25, -0.2) is 0 Å². The molecule has 1 rings (SSSR count). The molecule has 1 heterocycles. The number of nitrogens with zero attached hydrogens (tertiary/aromatic N) is 3. The van der Waals surface area contributed by atoms with Gasteiger partial charge in [-0.1, -0.05) is 27.2 Å². The van der Waals surface area contributed by atoms with Crippen molar-refractivity contribution in [1.29, 1.82) is 0 Å². The van der Waals surface area contributed by atoms with Crippen LogP contribution in [0.3, 0.4) is 0 Å². The second-order valence-electron chi connectivity index (χ2n) is 3.57. The highest BCUT2D eigenvalue weighted by Gasteiger charge is 2.11. The highest BCUT2D eigenvalue weighted by Crippen LogP contribution is 2.17. The molecule has 0 radical (unpaired) electrons. The Bertz CT molecular complexity index is 242. The average molecular weight is 181 g/mol. The van der Waals surface area contributed by atoms with E-state index < -0.39 is 0 Å². The van der Waals surface area contributed by atoms with E-state index in [4.69, 9.17) is 0 Å². The minimum Gasteiger partial charge on any atom is -0.317 e. The summed E-state index contributed by atoms with van der Waals surface area (Å²) in [5.74, 6) is 1.68. The maximum Gasteiger partial charge on any atom is 0.135 e. The number of rotatable bonds is 5. The first kappa shape index (κ1) is 10.2. The summed E-state index contributed by atoms with van der Waals surface area (Å²) >= 11 is 0. The van der Waals surface area contributed by atoms with Crippen molar-refractivity contribution in [3.8, 4) is 0 Å². The lowest BCUT2D eigenvalue weighted by atomic mass is 10.1. The molecule has 13 heavy (non-hydrogen) atoms. The third-order valence-corrected chi connectivity index (χ3v) is 2.27. The molecule has 0 aliphatic rings. The van der Waals surface area contributed by atoms with Crippen LogP contribution in [0.4, 0.5) is 0 Å². The molecule has 0 N–H and O–H groups in total. The van der Waals surface area contributed by atoms with Crippen molar-refractivity contribution in [2.24, 2.45) is 0 Å². The van der Waals surface area contributed by atoms with Crippen LogP contribution in [-0.4, -0.2) is 14.8 Å². The molecule has 1 atom stereocenters. The molecule has 0 fully saturated rings. The van der Waals surface area contributed by atoms with Crippen molar-refractivity contribution < 1.29 is 0 Å². The van der Waals surface area contributed by atoms with Crippen LogP contribution in [0.15, 0.2) is 6.33 Å². The van der Waals surface area contributed by atoms with Crippen LogP contribution in [0.5, 0.6) is 0 Å². The summed E-state index contributed by atoms with van der Waals surface area (Å²) in [7, 11) is 0. The number of hydrogen-bond acceptors (Lipinski definition) is 2. The summed E-state index contributed by atoms with van der Waals surface area (Å²) in [6.45, 7) is 7.64. The van der Waals surface area contributed by atoms with Gasteiger partial charge < -0.3 is 4.57 Å². The summed E-state index contributed by atoms with van der Waals surface area (Å²) in [5.41, 5.74) is 0. The largest absolute Gasteiger partial charge is 0.317 e. The molecule has 74 valence electrons. The average Bonchev–Trinajstić information content (AvgIpc) is 2.54. The Kier molecular flexibility index (Phi) is 3.93. The Morgan fingerprint density at radius 2 is 2.15 bits per heavy atom. The highest BCUT2D eigenvalue weighted by molar-refractivity contribution is 4.93. The summed E-state index contributed by atoms with van der Waals surface area (Å²) in [6, 6.07) is 0. The van der Waals surface area contributed by atoms with Crippen LogP contribution < -0.4 is 0 Å². The summed E-state index contributed by atoms with van der Waals surface area (Å²) in [6.07, 6.45) is 5.39. The molecule has 0 amide bonds. The minimum absolute atomic E-state index is 0.541. The lowest BCUT2D eigenvalue weighted by Gasteiger charge is -2.10. The van der Waals surface area contributed by atoms with E-state index in [0.29, 0.717) is 5.92 Å². The minimum atomic E-state index is 0.541. The van der Waals surface area contributed by atoms with Gasteiger partial charge in [0, 0.05) is 12.5 Å². The van der Waals surface area contributed by atoms with Crippen molar-refractivity contribution >= 4 is 0 Å². The fraction of sp³-hybridized carbons (Fsp3) is 0.800. The predicted molar refractivity (Wildman–Crippen MR) is 53.6 cm³/mol. The molecule has 0 spiro atoms. The topological polar surface area (TPSA) is 30.7 Å². The van der Waals surface area contributed by atoms with Gasteiger partial charge in [-0.15, -0.1) is 10.2 Å². The Balaban J connectivity index is 2.68. The third kappa shape index (κ3) is 2.54. The van der Waals surface area contributed by atoms with Gasteiger partial charge in [-0.05, 0) is 12.8 Å². The Labute approximate surface area is 80.2 Å². The zero-order valence-corrected chi connectivity index (χ0v) is 8.82. The molecule has 0 aliphatic carbocycles. The quantitative estimate of drug-likeness (QED) is 0.699. The first-order valence-corrected chi connectivity index (χ1v) is 5.17. The lowest BCUT2D eigenvalue weighted by molar-refractivity contribution is 0.559. The standard InChI is InChI=1S/C10H19N3/c1-4-6-9(3)10-12-11-8-13(10)7-5-2/h8-9H,4-7H2,1-3H3. The summed E-state index contributed by atoms with van der Waals surface area (Å²) in [4.78, 5) is 0. The summed E-state index contributed by atoms with van der Waals surface area (Å²) in [5, 5.41) is 8.12. The van der Waals surface area contributed by atoms with Crippen LogP contribution >= 0.6 is 0 Å². The van der Waals surface area contributed by atoms with Gasteiger partial charge in [0.15, 0.2) is 0 Å². The van der Waals surface area contributed by atoms with E-state index >= 15 is 0 Å². The van der Waals surface area contributed by atoms with E-state index in [1.54, 1.807) is 0 Å². The van der Waals surface area contributed by atoms with Crippen LogP contribution in [-0.2, 0) is 6.54 Å². The van der Waals surface area contributed by atoms with Crippen molar-refractivity contribution in [3.63, 3.8) is 0 Å². The van der Waals surface area contributed by atoms with Crippen LogP contribution in [0, 0.1) is 0 Å². The molecule has 0 saturated carbocycles. The lowest BCUT2D eigenvalue weighted by Crippen LogP contribution is -2.06. The van der Waals surface area contributed by atoms with E-state index in [1.165, 1.54) is 12.8 Å².